The number of hydrogen-bond acceptors (Lipinski definition) is 1. The van der Waals surface area contributed by atoms with Crippen molar-refractivity contribution in [1.82, 2.24) is 0 Å². The average molecular weight is 226 g/mol. The van der Waals surface area contributed by atoms with Crippen LogP contribution in [0.1, 0.15) is 32.3 Å². The highest BCUT2D eigenvalue weighted by atomic mass is 19.1. The fourth-order valence-electron chi connectivity index (χ4n) is 2.37. The predicted octanol–water partition coefficient (Wildman–Crippen LogP) is 3.22. The van der Waals surface area contributed by atoms with Gasteiger partial charge in [0, 0.05) is 11.6 Å². The van der Waals surface area contributed by atoms with Crippen LogP contribution >= 0.6 is 0 Å². The Bertz CT molecular complexity index is 395. The Balaban J connectivity index is 2.20. The Kier molecular flexibility index (Phi) is 2.74. The van der Waals surface area contributed by atoms with Crippen molar-refractivity contribution < 1.29 is 13.9 Å². The summed E-state index contributed by atoms with van der Waals surface area (Å²) in [6, 6.07) is 3.37. The summed E-state index contributed by atoms with van der Waals surface area (Å²) in [5.41, 5.74) is -0.863. The zero-order valence-electron chi connectivity index (χ0n) is 9.50. The van der Waals surface area contributed by atoms with E-state index in [1.54, 1.807) is 0 Å². The monoisotopic (exact) mass is 226 g/mol. The van der Waals surface area contributed by atoms with Gasteiger partial charge in [-0.1, -0.05) is 19.9 Å². The van der Waals surface area contributed by atoms with E-state index in [1.165, 1.54) is 12.1 Å². The second-order valence-corrected chi connectivity index (χ2v) is 5.07. The van der Waals surface area contributed by atoms with Gasteiger partial charge in [-0.25, -0.2) is 8.78 Å². The quantitative estimate of drug-likeness (QED) is 0.821. The van der Waals surface area contributed by atoms with Crippen LogP contribution < -0.4 is 0 Å². The fraction of sp³-hybridized carbons (Fsp3) is 0.538. The van der Waals surface area contributed by atoms with E-state index in [0.717, 1.165) is 6.07 Å². The van der Waals surface area contributed by atoms with Crippen molar-refractivity contribution in [3.05, 3.63) is 35.4 Å². The average Bonchev–Trinajstić information content (AvgIpc) is 2.12. The van der Waals surface area contributed by atoms with E-state index in [4.69, 9.17) is 0 Å². The molecule has 0 spiro atoms. The van der Waals surface area contributed by atoms with Crippen molar-refractivity contribution in [3.8, 4) is 0 Å². The Morgan fingerprint density at radius 2 is 1.94 bits per heavy atom. The van der Waals surface area contributed by atoms with Gasteiger partial charge in [-0.2, -0.15) is 0 Å². The maximum Gasteiger partial charge on any atom is 0.132 e. The first-order valence-electron chi connectivity index (χ1n) is 5.60. The molecule has 1 aromatic carbocycles. The van der Waals surface area contributed by atoms with Crippen molar-refractivity contribution in [1.29, 1.82) is 0 Å². The molecule has 0 atom stereocenters. The Morgan fingerprint density at radius 1 is 1.31 bits per heavy atom. The largest absolute Gasteiger partial charge is 0.385 e. The highest BCUT2D eigenvalue weighted by Crippen LogP contribution is 2.49. The Hall–Kier alpha value is -0.960. The minimum atomic E-state index is -1.09. The van der Waals surface area contributed by atoms with Crippen LogP contribution in [-0.2, 0) is 5.60 Å². The number of benzene rings is 1. The van der Waals surface area contributed by atoms with Gasteiger partial charge >= 0.3 is 0 Å². The molecule has 1 aromatic rings. The first kappa shape index (κ1) is 11.5. The van der Waals surface area contributed by atoms with Crippen molar-refractivity contribution in [2.24, 2.45) is 11.8 Å². The molecule has 16 heavy (non-hydrogen) atoms. The molecule has 88 valence electrons. The summed E-state index contributed by atoms with van der Waals surface area (Å²) in [6.45, 7) is 4.18. The van der Waals surface area contributed by atoms with E-state index in [-0.39, 0.29) is 5.56 Å². The van der Waals surface area contributed by atoms with Crippen molar-refractivity contribution in [3.63, 3.8) is 0 Å². The maximum absolute atomic E-state index is 13.5. The lowest BCUT2D eigenvalue weighted by Crippen LogP contribution is -2.43. The first-order chi connectivity index (χ1) is 7.42. The molecule has 2 rings (SSSR count). The third-order valence-electron chi connectivity index (χ3n) is 3.58. The molecule has 0 bridgehead atoms. The normalized spacial score (nSPS) is 29.2. The summed E-state index contributed by atoms with van der Waals surface area (Å²) in [7, 11) is 0. The lowest BCUT2D eigenvalue weighted by molar-refractivity contribution is -0.0956. The summed E-state index contributed by atoms with van der Waals surface area (Å²) in [5.74, 6) is -0.340. The van der Waals surface area contributed by atoms with Crippen molar-refractivity contribution >= 4 is 0 Å². The van der Waals surface area contributed by atoms with Crippen LogP contribution in [0.5, 0.6) is 0 Å². The van der Waals surface area contributed by atoms with Gasteiger partial charge in [-0.15, -0.1) is 0 Å². The summed E-state index contributed by atoms with van der Waals surface area (Å²) < 4.78 is 26.2. The van der Waals surface area contributed by atoms with Gasteiger partial charge in [0.05, 0.1) is 5.60 Å². The first-order valence-corrected chi connectivity index (χ1v) is 5.60. The molecule has 0 saturated heterocycles. The van der Waals surface area contributed by atoms with Crippen LogP contribution in [0.15, 0.2) is 18.2 Å². The van der Waals surface area contributed by atoms with E-state index in [9.17, 15) is 13.9 Å². The molecule has 0 amide bonds. The molecule has 1 saturated carbocycles. The number of hydrogen-bond donors (Lipinski definition) is 1. The van der Waals surface area contributed by atoms with Gasteiger partial charge in [0.25, 0.3) is 0 Å². The van der Waals surface area contributed by atoms with Gasteiger partial charge in [0.1, 0.15) is 11.6 Å². The van der Waals surface area contributed by atoms with Gasteiger partial charge in [0.15, 0.2) is 0 Å². The molecule has 0 heterocycles. The smallest absolute Gasteiger partial charge is 0.132 e. The van der Waals surface area contributed by atoms with Crippen LogP contribution in [0.2, 0.25) is 0 Å². The minimum Gasteiger partial charge on any atom is -0.385 e. The Morgan fingerprint density at radius 3 is 2.44 bits per heavy atom. The van der Waals surface area contributed by atoms with E-state index >= 15 is 0 Å². The van der Waals surface area contributed by atoms with Gasteiger partial charge in [-0.05, 0) is 30.7 Å². The topological polar surface area (TPSA) is 20.2 Å². The van der Waals surface area contributed by atoms with Gasteiger partial charge in [-0.3, -0.25) is 0 Å². The van der Waals surface area contributed by atoms with Crippen molar-refractivity contribution in [2.45, 2.75) is 32.3 Å². The van der Waals surface area contributed by atoms with Crippen LogP contribution in [0.25, 0.3) is 0 Å². The zero-order valence-corrected chi connectivity index (χ0v) is 9.50. The van der Waals surface area contributed by atoms with E-state index < -0.39 is 17.2 Å². The van der Waals surface area contributed by atoms with E-state index in [1.807, 2.05) is 0 Å². The highest BCUT2D eigenvalue weighted by Gasteiger charge is 2.46. The molecule has 0 aromatic heterocycles. The molecule has 0 unspecified atom stereocenters. The third kappa shape index (κ3) is 1.84. The summed E-state index contributed by atoms with van der Waals surface area (Å²) >= 11 is 0. The molecule has 1 N–H and O–H groups in total. The van der Waals surface area contributed by atoms with Crippen LogP contribution in [0, 0.1) is 23.5 Å². The molecule has 1 aliphatic carbocycles. The maximum atomic E-state index is 13.5. The third-order valence-corrected chi connectivity index (χ3v) is 3.58. The molecule has 1 aliphatic rings. The van der Waals surface area contributed by atoms with Crippen LogP contribution in [-0.4, -0.2) is 5.11 Å². The molecular weight excluding hydrogens is 210 g/mol. The minimum absolute atomic E-state index is 0.228. The standard InChI is InChI=1S/C13H16F2O/c1-8(2)9-6-13(16,7-9)11-4-3-10(14)5-12(11)15/h3-5,8-9,16H,6-7H2,1-2H3. The van der Waals surface area contributed by atoms with Gasteiger partial charge in [0.2, 0.25) is 0 Å². The number of aliphatic hydroxyl groups is 1. The second-order valence-electron chi connectivity index (χ2n) is 5.07. The SMILES string of the molecule is CC(C)C1CC(O)(c2ccc(F)cc2F)C1. The number of rotatable bonds is 2. The van der Waals surface area contributed by atoms with Crippen LogP contribution in [0.4, 0.5) is 8.78 Å². The van der Waals surface area contributed by atoms with Crippen LogP contribution in [0.3, 0.4) is 0 Å². The van der Waals surface area contributed by atoms with E-state index in [0.29, 0.717) is 24.7 Å². The predicted molar refractivity (Wildman–Crippen MR) is 57.8 cm³/mol. The van der Waals surface area contributed by atoms with E-state index in [2.05, 4.69) is 13.8 Å². The molecule has 0 radical (unpaired) electrons. The molecule has 1 nitrogen and oxygen atoms in total. The molecule has 3 heteroatoms. The molecule has 1 fully saturated rings. The lowest BCUT2D eigenvalue weighted by Gasteiger charge is -2.46. The second kappa shape index (κ2) is 3.81. The fourth-order valence-corrected chi connectivity index (χ4v) is 2.37. The summed E-state index contributed by atoms with van der Waals surface area (Å²) in [6.07, 6.45) is 1.13. The lowest BCUT2D eigenvalue weighted by atomic mass is 9.63. The summed E-state index contributed by atoms with van der Waals surface area (Å²) in [4.78, 5) is 0. The zero-order chi connectivity index (χ0) is 11.9. The highest BCUT2D eigenvalue weighted by molar-refractivity contribution is 5.27. The van der Waals surface area contributed by atoms with Gasteiger partial charge < -0.3 is 5.11 Å². The molecule has 0 aliphatic heterocycles. The summed E-state index contributed by atoms with van der Waals surface area (Å²) in [5, 5.41) is 10.2. The van der Waals surface area contributed by atoms with Crippen molar-refractivity contribution in [2.75, 3.05) is 0 Å². The Labute approximate surface area is 94.1 Å². The number of halogens is 2. The molecular formula is C13H16F2O.